The van der Waals surface area contributed by atoms with E-state index in [0.717, 1.165) is 57.8 Å². The second-order valence-electron chi connectivity index (χ2n) is 12.8. The predicted octanol–water partition coefficient (Wildman–Crippen LogP) is 10.5. The number of aliphatic hydroxyl groups excluding tert-OH is 1. The number of amides is 1. The highest BCUT2D eigenvalue weighted by atomic mass is 31.2. The number of phosphoric ester groups is 1. The van der Waals surface area contributed by atoms with Gasteiger partial charge in [-0.3, -0.25) is 13.8 Å². The van der Waals surface area contributed by atoms with Gasteiger partial charge in [-0.15, -0.1) is 0 Å². The van der Waals surface area contributed by atoms with Gasteiger partial charge in [-0.05, 0) is 57.8 Å². The molecule has 3 atom stereocenters. The van der Waals surface area contributed by atoms with Crippen molar-refractivity contribution in [3.8, 4) is 0 Å². The zero-order chi connectivity index (χ0) is 36.8. The van der Waals surface area contributed by atoms with Gasteiger partial charge in [0.05, 0.1) is 25.4 Å². The zero-order valence-electron chi connectivity index (χ0n) is 31.6. The second kappa shape index (κ2) is 36.7. The standard InChI is InChI=1S/C41H73N2O6P/c1-3-5-7-9-11-13-15-17-19-20-21-23-25-27-29-31-33-35-41(45)43-39(38-49-50(46,47)48-37-36-42)40(44)34-32-30-28-26-24-22-18-16-14-12-10-8-6-4-2/h5,7,11,13,17,19,21,23,27,29,32,34,39-40,44H,3-4,6,8-10,12,14-16,18,20,22,24-26,28,30-31,33,35-38,42H2,1-2H3,(H,43,45)(H,46,47)/b7-5-,13-11-,19-17-,23-21-,29-27-,34-32+. The van der Waals surface area contributed by atoms with E-state index in [1.54, 1.807) is 6.08 Å². The van der Waals surface area contributed by atoms with Gasteiger partial charge in [-0.25, -0.2) is 4.57 Å². The number of nitrogens with one attached hydrogen (secondary N) is 1. The van der Waals surface area contributed by atoms with Gasteiger partial charge in [0.25, 0.3) is 0 Å². The molecule has 0 fully saturated rings. The summed E-state index contributed by atoms with van der Waals surface area (Å²) in [6, 6.07) is -0.892. The van der Waals surface area contributed by atoms with E-state index in [0.29, 0.717) is 6.42 Å². The van der Waals surface area contributed by atoms with Crippen LogP contribution in [0.15, 0.2) is 72.9 Å². The number of hydrogen-bond donors (Lipinski definition) is 4. The quantitative estimate of drug-likeness (QED) is 0.0291. The molecule has 0 bridgehead atoms. The molecule has 0 aromatic carbocycles. The Morgan fingerprint density at radius 2 is 1.16 bits per heavy atom. The summed E-state index contributed by atoms with van der Waals surface area (Å²) in [4.78, 5) is 22.6. The number of rotatable bonds is 35. The van der Waals surface area contributed by atoms with Crippen molar-refractivity contribution in [3.63, 3.8) is 0 Å². The fourth-order valence-electron chi connectivity index (χ4n) is 5.11. The van der Waals surface area contributed by atoms with Gasteiger partial charge in [0.15, 0.2) is 0 Å². The van der Waals surface area contributed by atoms with Crippen molar-refractivity contribution in [2.45, 2.75) is 161 Å². The molecule has 0 heterocycles. The lowest BCUT2D eigenvalue weighted by Crippen LogP contribution is -2.45. The molecule has 0 rings (SSSR count). The highest BCUT2D eigenvalue weighted by molar-refractivity contribution is 7.47. The third-order valence-corrected chi connectivity index (χ3v) is 9.02. The normalized spacial score (nSPS) is 15.1. The van der Waals surface area contributed by atoms with Crippen molar-refractivity contribution in [3.05, 3.63) is 72.9 Å². The first-order valence-electron chi connectivity index (χ1n) is 19.6. The molecule has 50 heavy (non-hydrogen) atoms. The third-order valence-electron chi connectivity index (χ3n) is 8.04. The molecule has 5 N–H and O–H groups in total. The number of carbonyl (C=O) groups is 1. The highest BCUT2D eigenvalue weighted by Gasteiger charge is 2.26. The molecular weight excluding hydrogens is 647 g/mol. The van der Waals surface area contributed by atoms with Crippen LogP contribution in [0.25, 0.3) is 0 Å². The maximum absolute atomic E-state index is 12.7. The Hall–Kier alpha value is -2.06. The molecule has 0 spiro atoms. The predicted molar refractivity (Wildman–Crippen MR) is 212 cm³/mol. The Balaban J connectivity index is 4.43. The van der Waals surface area contributed by atoms with Crippen molar-refractivity contribution in [1.29, 1.82) is 0 Å². The molecule has 0 radical (unpaired) electrons. The highest BCUT2D eigenvalue weighted by Crippen LogP contribution is 2.43. The minimum absolute atomic E-state index is 0.0659. The van der Waals surface area contributed by atoms with Crippen LogP contribution >= 0.6 is 7.82 Å². The minimum atomic E-state index is -4.35. The van der Waals surface area contributed by atoms with Crippen LogP contribution < -0.4 is 11.1 Å². The summed E-state index contributed by atoms with van der Waals surface area (Å²) in [6.45, 7) is 3.95. The van der Waals surface area contributed by atoms with E-state index in [-0.39, 0.29) is 32.1 Å². The summed E-state index contributed by atoms with van der Waals surface area (Å²) in [7, 11) is -4.35. The Kier molecular flexibility index (Phi) is 35.2. The molecule has 0 saturated carbocycles. The van der Waals surface area contributed by atoms with E-state index in [1.807, 2.05) is 6.08 Å². The van der Waals surface area contributed by atoms with E-state index < -0.39 is 20.0 Å². The number of aliphatic hydroxyl groups is 1. The van der Waals surface area contributed by atoms with E-state index in [9.17, 15) is 19.4 Å². The summed E-state index contributed by atoms with van der Waals surface area (Å²) in [5.41, 5.74) is 5.35. The van der Waals surface area contributed by atoms with E-state index in [4.69, 9.17) is 14.8 Å². The Morgan fingerprint density at radius 3 is 1.68 bits per heavy atom. The molecule has 1 amide bonds. The van der Waals surface area contributed by atoms with Gasteiger partial charge in [-0.1, -0.05) is 157 Å². The molecule has 0 aromatic heterocycles. The summed E-state index contributed by atoms with van der Waals surface area (Å²) in [6.07, 6.45) is 46.6. The average molecular weight is 721 g/mol. The lowest BCUT2D eigenvalue weighted by molar-refractivity contribution is -0.122. The van der Waals surface area contributed by atoms with Crippen LogP contribution in [0.1, 0.15) is 149 Å². The van der Waals surface area contributed by atoms with E-state index in [2.05, 4.69) is 79.9 Å². The van der Waals surface area contributed by atoms with Gasteiger partial charge in [0.1, 0.15) is 0 Å². The topological polar surface area (TPSA) is 131 Å². The summed E-state index contributed by atoms with van der Waals surface area (Å²) in [5, 5.41) is 13.6. The first-order chi connectivity index (χ1) is 24.4. The Morgan fingerprint density at radius 1 is 0.680 bits per heavy atom. The van der Waals surface area contributed by atoms with Crippen molar-refractivity contribution in [2.24, 2.45) is 5.73 Å². The van der Waals surface area contributed by atoms with Gasteiger partial charge >= 0.3 is 7.82 Å². The lowest BCUT2D eigenvalue weighted by Gasteiger charge is -2.23. The molecule has 3 unspecified atom stereocenters. The first kappa shape index (κ1) is 47.9. The maximum atomic E-state index is 12.7. The van der Waals surface area contributed by atoms with Crippen molar-refractivity contribution in [2.75, 3.05) is 19.8 Å². The van der Waals surface area contributed by atoms with Crippen LogP contribution in [0.2, 0.25) is 0 Å². The monoisotopic (exact) mass is 721 g/mol. The number of phosphoric acid groups is 1. The number of carbonyl (C=O) groups excluding carboxylic acids is 1. The van der Waals surface area contributed by atoms with Crippen molar-refractivity contribution in [1.82, 2.24) is 5.32 Å². The van der Waals surface area contributed by atoms with Gasteiger partial charge in [-0.2, -0.15) is 0 Å². The van der Waals surface area contributed by atoms with Crippen LogP contribution in [-0.4, -0.2) is 47.8 Å². The molecule has 0 aliphatic carbocycles. The summed E-state index contributed by atoms with van der Waals surface area (Å²) in [5.74, 6) is -0.255. The smallest absolute Gasteiger partial charge is 0.387 e. The molecule has 8 nitrogen and oxygen atoms in total. The van der Waals surface area contributed by atoms with E-state index >= 15 is 0 Å². The maximum Gasteiger partial charge on any atom is 0.472 e. The molecule has 0 aromatic rings. The first-order valence-corrected chi connectivity index (χ1v) is 21.1. The molecular formula is C41H73N2O6P. The summed E-state index contributed by atoms with van der Waals surface area (Å²) >= 11 is 0. The van der Waals surface area contributed by atoms with Crippen LogP contribution in [-0.2, 0) is 18.4 Å². The Bertz CT molecular complexity index is 1010. The van der Waals surface area contributed by atoms with Gasteiger partial charge in [0.2, 0.25) is 5.91 Å². The third kappa shape index (κ3) is 34.4. The molecule has 0 aliphatic rings. The molecule has 288 valence electrons. The van der Waals surface area contributed by atoms with Gasteiger partial charge < -0.3 is 21.1 Å². The molecule has 9 heteroatoms. The number of hydrogen-bond acceptors (Lipinski definition) is 6. The Labute approximate surface area is 306 Å². The van der Waals surface area contributed by atoms with Crippen molar-refractivity contribution >= 4 is 13.7 Å². The zero-order valence-corrected chi connectivity index (χ0v) is 32.5. The van der Waals surface area contributed by atoms with Crippen LogP contribution in [0.3, 0.4) is 0 Å². The SMILES string of the molecule is CC/C=C\C/C=C\C/C=C\C/C=C\C/C=C\CCCC(=O)NC(COP(=O)(O)OCCN)C(O)/C=C/CCCCCCCCCCCCCC. The second-order valence-corrected chi connectivity index (χ2v) is 14.2. The molecule has 0 aliphatic heterocycles. The number of nitrogens with two attached hydrogens (primary N) is 1. The van der Waals surface area contributed by atoms with Crippen LogP contribution in [0.4, 0.5) is 0 Å². The van der Waals surface area contributed by atoms with Crippen LogP contribution in [0.5, 0.6) is 0 Å². The van der Waals surface area contributed by atoms with Crippen LogP contribution in [0, 0.1) is 0 Å². The number of allylic oxidation sites excluding steroid dienone is 11. The van der Waals surface area contributed by atoms with Gasteiger partial charge in [0, 0.05) is 13.0 Å². The minimum Gasteiger partial charge on any atom is -0.387 e. The lowest BCUT2D eigenvalue weighted by atomic mass is 10.0. The summed E-state index contributed by atoms with van der Waals surface area (Å²) < 4.78 is 22.0. The fraction of sp³-hybridized carbons (Fsp3) is 0.683. The fourth-order valence-corrected chi connectivity index (χ4v) is 5.87. The number of unbranched alkanes of at least 4 members (excludes halogenated alkanes) is 13. The average Bonchev–Trinajstić information content (AvgIpc) is 3.10. The van der Waals surface area contributed by atoms with Crippen molar-refractivity contribution < 1.29 is 28.4 Å². The largest absolute Gasteiger partial charge is 0.472 e. The molecule has 0 saturated heterocycles. The van der Waals surface area contributed by atoms with E-state index in [1.165, 1.54) is 64.2 Å².